The molecule has 1 fully saturated rings. The van der Waals surface area contributed by atoms with Crippen molar-refractivity contribution in [1.82, 2.24) is 20.2 Å². The number of para-hydroxylation sites is 2. The Hall–Kier alpha value is -1.31. The normalized spacial score (nSPS) is 21.6. The molecule has 24 heavy (non-hydrogen) atoms. The molecule has 1 aromatic carbocycles. The Kier molecular flexibility index (Phi) is 6.89. The minimum atomic E-state index is 0. The first-order valence-corrected chi connectivity index (χ1v) is 8.55. The third-order valence-corrected chi connectivity index (χ3v) is 4.46. The van der Waals surface area contributed by atoms with Gasteiger partial charge in [0.2, 0.25) is 0 Å². The molecule has 0 aliphatic carbocycles. The predicted molar refractivity (Wildman–Crippen MR) is 111 cm³/mol. The second kappa shape index (κ2) is 8.69. The topological polar surface area (TPSA) is 56.3 Å². The third kappa shape index (κ3) is 4.62. The van der Waals surface area contributed by atoms with Gasteiger partial charge in [0.25, 0.3) is 0 Å². The molecule has 2 aromatic rings. The van der Waals surface area contributed by atoms with Crippen molar-refractivity contribution < 1.29 is 0 Å². The largest absolute Gasteiger partial charge is 0.356 e. The molecule has 0 saturated carbocycles. The van der Waals surface area contributed by atoms with E-state index in [9.17, 15) is 0 Å². The highest BCUT2D eigenvalue weighted by molar-refractivity contribution is 14.0. The first-order valence-electron chi connectivity index (χ1n) is 8.55. The number of piperidine rings is 1. The lowest BCUT2D eigenvalue weighted by molar-refractivity contribution is 0.208. The molecule has 0 bridgehead atoms. The first-order chi connectivity index (χ1) is 11.2. The van der Waals surface area contributed by atoms with Gasteiger partial charge in [0.1, 0.15) is 5.82 Å². The summed E-state index contributed by atoms with van der Waals surface area (Å²) in [6.45, 7) is 7.67. The van der Waals surface area contributed by atoms with E-state index in [0.29, 0.717) is 0 Å². The number of hydrogen-bond donors (Lipinski definition) is 2. The molecule has 2 heterocycles. The summed E-state index contributed by atoms with van der Waals surface area (Å²) in [5, 5.41) is 3.49. The third-order valence-electron chi connectivity index (χ3n) is 4.46. The van der Waals surface area contributed by atoms with Gasteiger partial charge in [-0.3, -0.25) is 4.99 Å². The van der Waals surface area contributed by atoms with E-state index in [1.54, 1.807) is 0 Å². The monoisotopic (exact) mass is 441 g/mol. The number of aromatic nitrogens is 2. The van der Waals surface area contributed by atoms with E-state index in [1.807, 2.05) is 25.2 Å². The Morgan fingerprint density at radius 3 is 2.67 bits per heavy atom. The minimum Gasteiger partial charge on any atom is -0.356 e. The summed E-state index contributed by atoms with van der Waals surface area (Å²) < 4.78 is 0. The lowest BCUT2D eigenvalue weighted by Crippen LogP contribution is -2.48. The van der Waals surface area contributed by atoms with E-state index in [2.05, 4.69) is 45.1 Å². The number of likely N-dealkylation sites (tertiary alicyclic amines) is 1. The second-order valence-electron chi connectivity index (χ2n) is 6.78. The average molecular weight is 441 g/mol. The standard InChI is InChI=1S/C18H27N5.HI/c1-13-10-14(2)12-23(11-13)18(19-3)20-9-8-17-21-15-6-4-5-7-16(15)22-17;/h4-7,13-14H,8-12H2,1-3H3,(H,19,20)(H,21,22);1H. The SMILES string of the molecule is CN=C(NCCc1nc2ccccc2[nH]1)N1CC(C)CC(C)C1.I. The molecule has 6 heteroatoms. The molecule has 1 aromatic heterocycles. The fourth-order valence-electron chi connectivity index (χ4n) is 3.58. The van der Waals surface area contributed by atoms with Crippen LogP contribution in [0.2, 0.25) is 0 Å². The first kappa shape index (κ1) is 19.0. The van der Waals surface area contributed by atoms with Gasteiger partial charge < -0.3 is 15.2 Å². The Balaban J connectivity index is 0.00000208. The number of rotatable bonds is 3. The highest BCUT2D eigenvalue weighted by Gasteiger charge is 2.23. The summed E-state index contributed by atoms with van der Waals surface area (Å²) in [5.74, 6) is 3.49. The van der Waals surface area contributed by atoms with E-state index in [4.69, 9.17) is 0 Å². The van der Waals surface area contributed by atoms with Crippen LogP contribution in [0.4, 0.5) is 0 Å². The van der Waals surface area contributed by atoms with Crippen LogP contribution in [0.15, 0.2) is 29.3 Å². The fraction of sp³-hybridized carbons (Fsp3) is 0.556. The van der Waals surface area contributed by atoms with E-state index >= 15 is 0 Å². The highest BCUT2D eigenvalue weighted by Crippen LogP contribution is 2.20. The van der Waals surface area contributed by atoms with E-state index in [1.165, 1.54) is 6.42 Å². The second-order valence-corrected chi connectivity index (χ2v) is 6.78. The summed E-state index contributed by atoms with van der Waals surface area (Å²) in [6, 6.07) is 8.15. The number of guanidine groups is 1. The molecule has 0 radical (unpaired) electrons. The molecular formula is C18H28IN5. The van der Waals surface area contributed by atoms with Gasteiger partial charge in [-0.25, -0.2) is 4.98 Å². The number of benzene rings is 1. The molecule has 5 nitrogen and oxygen atoms in total. The van der Waals surface area contributed by atoms with Crippen LogP contribution < -0.4 is 5.32 Å². The molecule has 3 rings (SSSR count). The van der Waals surface area contributed by atoms with Crippen LogP contribution in [0.5, 0.6) is 0 Å². The number of imidazole rings is 1. The van der Waals surface area contributed by atoms with Crippen molar-refractivity contribution in [3.05, 3.63) is 30.1 Å². The van der Waals surface area contributed by atoms with Crippen molar-refractivity contribution in [2.24, 2.45) is 16.8 Å². The quantitative estimate of drug-likeness (QED) is 0.437. The maximum absolute atomic E-state index is 4.62. The van der Waals surface area contributed by atoms with Crippen LogP contribution in [0, 0.1) is 11.8 Å². The lowest BCUT2D eigenvalue weighted by Gasteiger charge is -2.37. The molecular weight excluding hydrogens is 413 g/mol. The van der Waals surface area contributed by atoms with Gasteiger partial charge in [0.05, 0.1) is 11.0 Å². The van der Waals surface area contributed by atoms with Crippen LogP contribution in [-0.4, -0.2) is 47.5 Å². The highest BCUT2D eigenvalue weighted by atomic mass is 127. The van der Waals surface area contributed by atoms with E-state index in [0.717, 1.165) is 60.7 Å². The zero-order valence-electron chi connectivity index (χ0n) is 14.7. The number of aliphatic imine (C=N–C) groups is 1. The Bertz CT molecular complexity index is 638. The summed E-state index contributed by atoms with van der Waals surface area (Å²) in [7, 11) is 1.87. The van der Waals surface area contributed by atoms with Crippen LogP contribution in [0.1, 0.15) is 26.1 Å². The molecule has 1 saturated heterocycles. The maximum Gasteiger partial charge on any atom is 0.193 e. The summed E-state index contributed by atoms with van der Waals surface area (Å²) >= 11 is 0. The van der Waals surface area contributed by atoms with Gasteiger partial charge in [0.15, 0.2) is 5.96 Å². The van der Waals surface area contributed by atoms with E-state index in [-0.39, 0.29) is 24.0 Å². The molecule has 2 N–H and O–H groups in total. The minimum absolute atomic E-state index is 0. The van der Waals surface area contributed by atoms with Crippen molar-refractivity contribution in [3.63, 3.8) is 0 Å². The smallest absolute Gasteiger partial charge is 0.193 e. The van der Waals surface area contributed by atoms with Gasteiger partial charge in [-0.05, 0) is 30.4 Å². The maximum atomic E-state index is 4.62. The molecule has 0 amide bonds. The lowest BCUT2D eigenvalue weighted by atomic mass is 9.92. The zero-order valence-corrected chi connectivity index (χ0v) is 17.1. The summed E-state index contributed by atoms with van der Waals surface area (Å²) in [6.07, 6.45) is 2.18. The Labute approximate surface area is 161 Å². The van der Waals surface area contributed by atoms with Gasteiger partial charge in [-0.2, -0.15) is 0 Å². The van der Waals surface area contributed by atoms with E-state index < -0.39 is 0 Å². The van der Waals surface area contributed by atoms with Gasteiger partial charge in [-0.15, -0.1) is 24.0 Å². The molecule has 1 aliphatic rings. The molecule has 0 spiro atoms. The van der Waals surface area contributed by atoms with Crippen molar-refractivity contribution in [2.75, 3.05) is 26.7 Å². The number of H-pyrrole nitrogens is 1. The summed E-state index contributed by atoms with van der Waals surface area (Å²) in [5.41, 5.74) is 2.14. The molecule has 1 aliphatic heterocycles. The van der Waals surface area contributed by atoms with Gasteiger partial charge >= 0.3 is 0 Å². The van der Waals surface area contributed by atoms with Crippen molar-refractivity contribution in [1.29, 1.82) is 0 Å². The Morgan fingerprint density at radius 2 is 2.00 bits per heavy atom. The fourth-order valence-corrected chi connectivity index (χ4v) is 3.58. The number of nitrogens with zero attached hydrogens (tertiary/aromatic N) is 3. The number of aromatic amines is 1. The zero-order chi connectivity index (χ0) is 16.2. The predicted octanol–water partition coefficient (Wildman–Crippen LogP) is 3.28. The number of nitrogens with one attached hydrogen (secondary N) is 2. The van der Waals surface area contributed by atoms with Crippen molar-refractivity contribution in [3.8, 4) is 0 Å². The number of hydrogen-bond acceptors (Lipinski definition) is 2. The molecule has 2 atom stereocenters. The van der Waals surface area contributed by atoms with Gasteiger partial charge in [-0.1, -0.05) is 26.0 Å². The van der Waals surface area contributed by atoms with Crippen LogP contribution >= 0.6 is 24.0 Å². The van der Waals surface area contributed by atoms with Crippen LogP contribution in [-0.2, 0) is 6.42 Å². The van der Waals surface area contributed by atoms with Crippen molar-refractivity contribution >= 4 is 41.0 Å². The molecule has 2 unspecified atom stereocenters. The van der Waals surface area contributed by atoms with Gasteiger partial charge in [0, 0.05) is 33.1 Å². The average Bonchev–Trinajstić information content (AvgIpc) is 2.93. The summed E-state index contributed by atoms with van der Waals surface area (Å²) in [4.78, 5) is 14.8. The van der Waals surface area contributed by atoms with Crippen molar-refractivity contribution in [2.45, 2.75) is 26.7 Å². The number of halogens is 1. The number of fused-ring (bicyclic) bond motifs is 1. The van der Waals surface area contributed by atoms with Crippen LogP contribution in [0.3, 0.4) is 0 Å². The Morgan fingerprint density at radius 1 is 1.29 bits per heavy atom. The van der Waals surface area contributed by atoms with Crippen LogP contribution in [0.25, 0.3) is 11.0 Å². The molecule has 132 valence electrons.